The largest absolute Gasteiger partial charge is 0.335 e. The third kappa shape index (κ3) is 3.74. The monoisotopic (exact) mass is 368 g/mol. The lowest BCUT2D eigenvalue weighted by Crippen LogP contribution is -2.14. The van der Waals surface area contributed by atoms with Gasteiger partial charge >= 0.3 is 0 Å². The van der Waals surface area contributed by atoms with E-state index in [-0.39, 0.29) is 11.7 Å². The number of carbonyl (C=O) groups is 1. The number of benzene rings is 1. The Hall–Kier alpha value is -1.83. The SMILES string of the molecule is Cc1noc2ncnc(SCC(=O)Nc3cc(Cl)cc(Cl)c3)c12. The van der Waals surface area contributed by atoms with Gasteiger partial charge in [0.15, 0.2) is 0 Å². The maximum absolute atomic E-state index is 12.1. The lowest BCUT2D eigenvalue weighted by molar-refractivity contribution is -0.113. The molecule has 2 heterocycles. The second kappa shape index (κ2) is 6.74. The van der Waals surface area contributed by atoms with E-state index in [1.54, 1.807) is 25.1 Å². The highest BCUT2D eigenvalue weighted by Crippen LogP contribution is 2.27. The summed E-state index contributed by atoms with van der Waals surface area (Å²) in [6, 6.07) is 4.85. The molecule has 0 saturated heterocycles. The van der Waals surface area contributed by atoms with E-state index < -0.39 is 0 Å². The first-order valence-corrected chi connectivity index (χ1v) is 8.23. The van der Waals surface area contributed by atoms with Crippen molar-refractivity contribution in [3.8, 4) is 0 Å². The van der Waals surface area contributed by atoms with Gasteiger partial charge in [0.2, 0.25) is 5.91 Å². The van der Waals surface area contributed by atoms with Gasteiger partial charge in [0.1, 0.15) is 11.4 Å². The second-order valence-electron chi connectivity index (χ2n) is 4.62. The number of carbonyl (C=O) groups excluding carboxylic acids is 1. The number of rotatable bonds is 4. The molecule has 9 heteroatoms. The lowest BCUT2D eigenvalue weighted by Gasteiger charge is -2.06. The van der Waals surface area contributed by atoms with Crippen LogP contribution >= 0.6 is 35.0 Å². The zero-order valence-corrected chi connectivity index (χ0v) is 14.2. The van der Waals surface area contributed by atoms with E-state index in [1.165, 1.54) is 18.1 Å². The summed E-state index contributed by atoms with van der Waals surface area (Å²) in [6.07, 6.45) is 1.38. The predicted molar refractivity (Wildman–Crippen MR) is 90.2 cm³/mol. The number of fused-ring (bicyclic) bond motifs is 1. The first kappa shape index (κ1) is 16.0. The number of aromatic nitrogens is 3. The average molecular weight is 369 g/mol. The molecule has 118 valence electrons. The van der Waals surface area contributed by atoms with Crippen LogP contribution in [0.25, 0.3) is 11.1 Å². The first-order chi connectivity index (χ1) is 11.0. The van der Waals surface area contributed by atoms with Crippen LogP contribution in [0.15, 0.2) is 34.1 Å². The van der Waals surface area contributed by atoms with Crippen molar-refractivity contribution in [3.63, 3.8) is 0 Å². The molecule has 0 radical (unpaired) electrons. The number of hydrogen-bond acceptors (Lipinski definition) is 6. The van der Waals surface area contributed by atoms with E-state index in [2.05, 4.69) is 20.4 Å². The smallest absolute Gasteiger partial charge is 0.262 e. The summed E-state index contributed by atoms with van der Waals surface area (Å²) in [5.74, 6) is -0.0323. The molecule has 1 aromatic carbocycles. The highest BCUT2D eigenvalue weighted by atomic mass is 35.5. The van der Waals surface area contributed by atoms with Gasteiger partial charge in [-0.3, -0.25) is 4.79 Å². The van der Waals surface area contributed by atoms with Gasteiger partial charge in [0.25, 0.3) is 5.71 Å². The summed E-state index contributed by atoms with van der Waals surface area (Å²) in [5, 5.41) is 8.87. The molecule has 3 aromatic rings. The van der Waals surface area contributed by atoms with Gasteiger partial charge in [-0.25, -0.2) is 4.98 Å². The third-order valence-electron chi connectivity index (χ3n) is 2.89. The molecule has 0 spiro atoms. The van der Waals surface area contributed by atoms with Crippen LogP contribution in [-0.2, 0) is 4.79 Å². The Morgan fingerprint density at radius 3 is 2.74 bits per heavy atom. The van der Waals surface area contributed by atoms with Crippen molar-refractivity contribution in [2.45, 2.75) is 11.9 Å². The Morgan fingerprint density at radius 2 is 2.00 bits per heavy atom. The summed E-state index contributed by atoms with van der Waals surface area (Å²) in [7, 11) is 0. The molecule has 23 heavy (non-hydrogen) atoms. The number of thioether (sulfide) groups is 1. The number of anilines is 1. The van der Waals surface area contributed by atoms with Gasteiger partial charge in [0.05, 0.1) is 16.8 Å². The molecule has 2 aromatic heterocycles. The molecular formula is C14H10Cl2N4O2S. The molecule has 0 bridgehead atoms. The van der Waals surface area contributed by atoms with Crippen LogP contribution in [0.1, 0.15) is 5.69 Å². The lowest BCUT2D eigenvalue weighted by atomic mass is 10.3. The number of nitrogens with one attached hydrogen (secondary N) is 1. The summed E-state index contributed by atoms with van der Waals surface area (Å²) < 4.78 is 5.07. The minimum atomic E-state index is -0.200. The van der Waals surface area contributed by atoms with Crippen LogP contribution < -0.4 is 5.32 Å². The van der Waals surface area contributed by atoms with Crippen LogP contribution in [0.4, 0.5) is 5.69 Å². The minimum absolute atomic E-state index is 0.168. The van der Waals surface area contributed by atoms with Crippen molar-refractivity contribution in [1.29, 1.82) is 0 Å². The zero-order chi connectivity index (χ0) is 16.4. The number of halogens is 2. The van der Waals surface area contributed by atoms with Crippen molar-refractivity contribution < 1.29 is 9.32 Å². The number of aryl methyl sites for hydroxylation is 1. The minimum Gasteiger partial charge on any atom is -0.335 e. The molecule has 0 fully saturated rings. The van der Waals surface area contributed by atoms with Crippen LogP contribution in [0.2, 0.25) is 10.0 Å². The molecule has 6 nitrogen and oxygen atoms in total. The van der Waals surface area contributed by atoms with Gasteiger partial charge in [-0.1, -0.05) is 40.1 Å². The van der Waals surface area contributed by atoms with E-state index >= 15 is 0 Å². The van der Waals surface area contributed by atoms with Gasteiger partial charge < -0.3 is 9.84 Å². The van der Waals surface area contributed by atoms with E-state index in [9.17, 15) is 4.79 Å². The fraction of sp³-hybridized carbons (Fsp3) is 0.143. The van der Waals surface area contributed by atoms with Crippen molar-refractivity contribution in [2.75, 3.05) is 11.1 Å². The van der Waals surface area contributed by atoms with E-state index in [0.29, 0.717) is 32.2 Å². The Bertz CT molecular complexity index is 864. The van der Waals surface area contributed by atoms with Gasteiger partial charge in [-0.05, 0) is 25.1 Å². The van der Waals surface area contributed by atoms with Crippen molar-refractivity contribution in [2.24, 2.45) is 0 Å². The topological polar surface area (TPSA) is 80.9 Å². The van der Waals surface area contributed by atoms with E-state index in [0.717, 1.165) is 5.39 Å². The Balaban J connectivity index is 1.70. The molecule has 1 amide bonds. The molecular weight excluding hydrogens is 359 g/mol. The molecule has 0 atom stereocenters. The summed E-state index contributed by atoms with van der Waals surface area (Å²) in [5.41, 5.74) is 1.63. The maximum Gasteiger partial charge on any atom is 0.262 e. The van der Waals surface area contributed by atoms with Crippen LogP contribution in [-0.4, -0.2) is 26.8 Å². The number of hydrogen-bond donors (Lipinski definition) is 1. The third-order valence-corrected chi connectivity index (χ3v) is 4.32. The Kier molecular flexibility index (Phi) is 4.70. The van der Waals surface area contributed by atoms with E-state index in [1.807, 2.05) is 0 Å². The standard InChI is InChI=1S/C14H10Cl2N4O2S/c1-7-12-13(22-20-7)17-6-18-14(12)23-5-11(21)19-10-3-8(15)2-9(16)4-10/h2-4,6H,5H2,1H3,(H,19,21). The molecule has 0 aliphatic carbocycles. The number of amides is 1. The quantitative estimate of drug-likeness (QED) is 0.554. The van der Waals surface area contributed by atoms with Gasteiger partial charge in [-0.2, -0.15) is 4.98 Å². The normalized spacial score (nSPS) is 10.9. The molecule has 0 aliphatic rings. The summed E-state index contributed by atoms with van der Waals surface area (Å²) >= 11 is 13.1. The highest BCUT2D eigenvalue weighted by Gasteiger charge is 2.14. The molecule has 1 N–H and O–H groups in total. The fourth-order valence-corrected chi connectivity index (χ4v) is 3.32. The van der Waals surface area contributed by atoms with Crippen LogP contribution in [0.5, 0.6) is 0 Å². The molecule has 3 rings (SSSR count). The van der Waals surface area contributed by atoms with E-state index in [4.69, 9.17) is 27.7 Å². The van der Waals surface area contributed by atoms with Crippen molar-refractivity contribution >= 4 is 57.7 Å². The van der Waals surface area contributed by atoms with Gasteiger partial charge in [-0.15, -0.1) is 0 Å². The van der Waals surface area contributed by atoms with Crippen LogP contribution in [0.3, 0.4) is 0 Å². The maximum atomic E-state index is 12.1. The zero-order valence-electron chi connectivity index (χ0n) is 11.8. The van der Waals surface area contributed by atoms with Crippen molar-refractivity contribution in [3.05, 3.63) is 40.3 Å². The Morgan fingerprint density at radius 1 is 1.26 bits per heavy atom. The fourth-order valence-electron chi connectivity index (χ4n) is 1.96. The second-order valence-corrected chi connectivity index (χ2v) is 6.46. The molecule has 0 saturated carbocycles. The van der Waals surface area contributed by atoms with Crippen LogP contribution in [0, 0.1) is 6.92 Å². The average Bonchev–Trinajstić information content (AvgIpc) is 2.86. The number of nitrogens with zero attached hydrogens (tertiary/aromatic N) is 3. The predicted octanol–water partition coefficient (Wildman–Crippen LogP) is 3.96. The van der Waals surface area contributed by atoms with Gasteiger partial charge in [0, 0.05) is 15.7 Å². The molecule has 0 unspecified atom stereocenters. The summed E-state index contributed by atoms with van der Waals surface area (Å²) in [6.45, 7) is 1.80. The van der Waals surface area contributed by atoms with Crippen molar-refractivity contribution in [1.82, 2.24) is 15.1 Å². The summed E-state index contributed by atoms with van der Waals surface area (Å²) in [4.78, 5) is 20.2. The highest BCUT2D eigenvalue weighted by molar-refractivity contribution is 8.00. The Labute approximate surface area is 145 Å². The first-order valence-electron chi connectivity index (χ1n) is 6.48. The molecule has 0 aliphatic heterocycles.